The van der Waals surface area contributed by atoms with Crippen LogP contribution in [0.1, 0.15) is 25.3 Å². The zero-order valence-electron chi connectivity index (χ0n) is 9.25. The van der Waals surface area contributed by atoms with Gasteiger partial charge in [0.25, 0.3) is 0 Å². The van der Waals surface area contributed by atoms with Gasteiger partial charge in [-0.3, -0.25) is 0 Å². The van der Waals surface area contributed by atoms with Crippen molar-refractivity contribution in [2.45, 2.75) is 25.6 Å². The fraction of sp³-hybridized carbons (Fsp3) is 0.538. The molecule has 1 heterocycles. The smallest absolute Gasteiger partial charge is 0.0474 e. The van der Waals surface area contributed by atoms with Gasteiger partial charge in [0.2, 0.25) is 0 Å². The number of hydrogen-bond acceptors (Lipinski definition) is 1. The van der Waals surface area contributed by atoms with E-state index in [9.17, 15) is 0 Å². The van der Waals surface area contributed by atoms with Gasteiger partial charge < -0.3 is 4.90 Å². The van der Waals surface area contributed by atoms with Crippen LogP contribution >= 0.6 is 11.6 Å². The first-order valence-electron chi connectivity index (χ1n) is 5.69. The summed E-state index contributed by atoms with van der Waals surface area (Å²) in [5, 5.41) is 0. The number of nitrogens with zero attached hydrogens (tertiary/aromatic N) is 1. The summed E-state index contributed by atoms with van der Waals surface area (Å²) in [4.78, 5) is 2.48. The lowest BCUT2D eigenvalue weighted by atomic mass is 9.99. The van der Waals surface area contributed by atoms with Gasteiger partial charge in [0.1, 0.15) is 0 Å². The maximum atomic E-state index is 5.77. The van der Waals surface area contributed by atoms with Crippen LogP contribution < -0.4 is 4.90 Å². The molecular formula is C13H18ClN. The fourth-order valence-corrected chi connectivity index (χ4v) is 2.40. The Balaban J connectivity index is 2.07. The number of benzene rings is 1. The first-order chi connectivity index (χ1) is 7.29. The van der Waals surface area contributed by atoms with E-state index in [1.807, 2.05) is 0 Å². The van der Waals surface area contributed by atoms with E-state index in [-0.39, 0.29) is 0 Å². The Hall–Kier alpha value is -0.690. The second-order valence-corrected chi connectivity index (χ2v) is 4.76. The summed E-state index contributed by atoms with van der Waals surface area (Å²) in [7, 11) is 0. The maximum Gasteiger partial charge on any atom is 0.0474 e. The van der Waals surface area contributed by atoms with E-state index in [0.29, 0.717) is 5.88 Å². The molecule has 2 rings (SSSR count). The molecule has 1 aliphatic rings. The zero-order chi connectivity index (χ0) is 10.7. The minimum atomic E-state index is 0.608. The molecule has 0 spiro atoms. The Kier molecular flexibility index (Phi) is 3.53. The summed E-state index contributed by atoms with van der Waals surface area (Å²) in [6, 6.07) is 8.63. The highest BCUT2D eigenvalue weighted by Gasteiger charge is 2.16. The van der Waals surface area contributed by atoms with Crippen molar-refractivity contribution in [1.82, 2.24) is 0 Å². The minimum Gasteiger partial charge on any atom is -0.371 e. The molecule has 0 radical (unpaired) electrons. The van der Waals surface area contributed by atoms with Crippen LogP contribution in [0.5, 0.6) is 0 Å². The molecule has 1 saturated heterocycles. The van der Waals surface area contributed by atoms with Gasteiger partial charge in [0.15, 0.2) is 0 Å². The summed E-state index contributed by atoms with van der Waals surface area (Å²) >= 11 is 5.77. The van der Waals surface area contributed by atoms with Crippen molar-refractivity contribution in [3.05, 3.63) is 29.8 Å². The Labute approximate surface area is 97.0 Å². The average molecular weight is 224 g/mol. The SMILES string of the molecule is CC1CCCN(c2ccc(CCl)cc2)C1. The van der Waals surface area contributed by atoms with Crippen LogP contribution in [0, 0.1) is 5.92 Å². The maximum absolute atomic E-state index is 5.77. The molecule has 0 N–H and O–H groups in total. The van der Waals surface area contributed by atoms with Crippen molar-refractivity contribution < 1.29 is 0 Å². The summed E-state index contributed by atoms with van der Waals surface area (Å²) in [6.45, 7) is 4.73. The third-order valence-corrected chi connectivity index (χ3v) is 3.42. The standard InChI is InChI=1S/C13H18ClN/c1-11-3-2-8-15(10-11)13-6-4-12(9-14)5-7-13/h4-7,11H,2-3,8-10H2,1H3. The predicted octanol–water partition coefficient (Wildman–Crippen LogP) is 3.66. The van der Waals surface area contributed by atoms with E-state index in [0.717, 1.165) is 5.92 Å². The first kappa shape index (κ1) is 10.8. The molecule has 0 aromatic heterocycles. The van der Waals surface area contributed by atoms with E-state index >= 15 is 0 Å². The lowest BCUT2D eigenvalue weighted by Gasteiger charge is -2.32. The Morgan fingerprint density at radius 3 is 2.67 bits per heavy atom. The number of piperidine rings is 1. The summed E-state index contributed by atoms with van der Waals surface area (Å²) in [5.74, 6) is 1.43. The van der Waals surface area contributed by atoms with Gasteiger partial charge in [-0.1, -0.05) is 19.1 Å². The molecule has 82 valence electrons. The summed E-state index contributed by atoms with van der Waals surface area (Å²) in [6.07, 6.45) is 2.69. The molecule has 0 bridgehead atoms. The Bertz CT molecular complexity index is 307. The number of anilines is 1. The van der Waals surface area contributed by atoms with Crippen molar-refractivity contribution in [1.29, 1.82) is 0 Å². The predicted molar refractivity (Wildman–Crippen MR) is 66.6 cm³/mol. The summed E-state index contributed by atoms with van der Waals surface area (Å²) in [5.41, 5.74) is 2.54. The molecule has 1 fully saturated rings. The van der Waals surface area contributed by atoms with Crippen molar-refractivity contribution in [3.8, 4) is 0 Å². The van der Waals surface area contributed by atoms with Crippen molar-refractivity contribution in [3.63, 3.8) is 0 Å². The van der Waals surface area contributed by atoms with Crippen LogP contribution in [-0.2, 0) is 5.88 Å². The van der Waals surface area contributed by atoms with E-state index in [2.05, 4.69) is 36.1 Å². The van der Waals surface area contributed by atoms with Crippen LogP contribution in [0.15, 0.2) is 24.3 Å². The Morgan fingerprint density at radius 1 is 1.33 bits per heavy atom. The highest BCUT2D eigenvalue weighted by atomic mass is 35.5. The minimum absolute atomic E-state index is 0.608. The van der Waals surface area contributed by atoms with E-state index < -0.39 is 0 Å². The normalized spacial score (nSPS) is 21.7. The molecule has 0 saturated carbocycles. The fourth-order valence-electron chi connectivity index (χ4n) is 2.22. The average Bonchev–Trinajstić information content (AvgIpc) is 2.29. The zero-order valence-corrected chi connectivity index (χ0v) is 10.0. The summed E-state index contributed by atoms with van der Waals surface area (Å²) < 4.78 is 0. The van der Waals surface area contributed by atoms with E-state index in [1.165, 1.54) is 37.2 Å². The lowest BCUT2D eigenvalue weighted by molar-refractivity contribution is 0.447. The van der Waals surface area contributed by atoms with Gasteiger partial charge in [-0.05, 0) is 36.5 Å². The van der Waals surface area contributed by atoms with Crippen LogP contribution in [0.2, 0.25) is 0 Å². The third kappa shape index (κ3) is 2.66. The van der Waals surface area contributed by atoms with Gasteiger partial charge in [-0.25, -0.2) is 0 Å². The van der Waals surface area contributed by atoms with Crippen LogP contribution in [0.4, 0.5) is 5.69 Å². The topological polar surface area (TPSA) is 3.24 Å². The van der Waals surface area contributed by atoms with Crippen molar-refractivity contribution in [2.24, 2.45) is 5.92 Å². The third-order valence-electron chi connectivity index (χ3n) is 3.11. The first-order valence-corrected chi connectivity index (χ1v) is 6.23. The Morgan fingerprint density at radius 2 is 2.07 bits per heavy atom. The molecule has 1 unspecified atom stereocenters. The van der Waals surface area contributed by atoms with Crippen molar-refractivity contribution >= 4 is 17.3 Å². The van der Waals surface area contributed by atoms with Gasteiger partial charge in [0, 0.05) is 24.7 Å². The second kappa shape index (κ2) is 4.89. The highest BCUT2D eigenvalue weighted by molar-refractivity contribution is 6.17. The van der Waals surface area contributed by atoms with Gasteiger partial charge >= 0.3 is 0 Å². The highest BCUT2D eigenvalue weighted by Crippen LogP contribution is 2.23. The van der Waals surface area contributed by atoms with Gasteiger partial charge in [-0.2, -0.15) is 0 Å². The van der Waals surface area contributed by atoms with E-state index in [1.54, 1.807) is 0 Å². The molecule has 1 aromatic carbocycles. The molecular weight excluding hydrogens is 206 g/mol. The number of rotatable bonds is 2. The molecule has 0 amide bonds. The quantitative estimate of drug-likeness (QED) is 0.692. The lowest BCUT2D eigenvalue weighted by Crippen LogP contribution is -2.34. The molecule has 1 aliphatic heterocycles. The molecule has 0 aliphatic carbocycles. The van der Waals surface area contributed by atoms with Crippen LogP contribution in [0.25, 0.3) is 0 Å². The van der Waals surface area contributed by atoms with Gasteiger partial charge in [-0.15, -0.1) is 11.6 Å². The number of alkyl halides is 1. The number of hydrogen-bond donors (Lipinski definition) is 0. The largest absolute Gasteiger partial charge is 0.371 e. The molecule has 15 heavy (non-hydrogen) atoms. The molecule has 2 heteroatoms. The molecule has 1 atom stereocenters. The van der Waals surface area contributed by atoms with E-state index in [4.69, 9.17) is 11.6 Å². The van der Waals surface area contributed by atoms with Gasteiger partial charge in [0.05, 0.1) is 0 Å². The molecule has 1 aromatic rings. The van der Waals surface area contributed by atoms with Crippen LogP contribution in [-0.4, -0.2) is 13.1 Å². The van der Waals surface area contributed by atoms with Crippen molar-refractivity contribution in [2.75, 3.05) is 18.0 Å². The van der Waals surface area contributed by atoms with Crippen LogP contribution in [0.3, 0.4) is 0 Å². The number of halogens is 1. The second-order valence-electron chi connectivity index (χ2n) is 4.49. The molecule has 1 nitrogen and oxygen atoms in total. The monoisotopic (exact) mass is 223 g/mol.